The first-order valence-corrected chi connectivity index (χ1v) is 15.3. The fraction of sp³-hybridized carbons (Fsp3) is 0.270. The fourth-order valence-electron chi connectivity index (χ4n) is 5.32. The molecule has 0 aromatic heterocycles. The van der Waals surface area contributed by atoms with Crippen molar-refractivity contribution in [3.8, 4) is 22.6 Å². The van der Waals surface area contributed by atoms with Gasteiger partial charge in [0.05, 0.1) is 26.2 Å². The molecule has 4 aromatic rings. The van der Waals surface area contributed by atoms with Gasteiger partial charge in [-0.05, 0) is 66.3 Å². The van der Waals surface area contributed by atoms with E-state index in [1.807, 2.05) is 55.5 Å². The Labute approximate surface area is 269 Å². The van der Waals surface area contributed by atoms with E-state index in [1.54, 1.807) is 55.6 Å². The molecule has 0 bridgehead atoms. The summed E-state index contributed by atoms with van der Waals surface area (Å²) in [5.41, 5.74) is 3.63. The molecule has 1 unspecified atom stereocenters. The highest BCUT2D eigenvalue weighted by molar-refractivity contribution is 6.06. The Morgan fingerprint density at radius 1 is 0.826 bits per heavy atom. The largest absolute Gasteiger partial charge is 0.493 e. The van der Waals surface area contributed by atoms with Crippen LogP contribution in [-0.4, -0.2) is 66.3 Å². The molecule has 0 heterocycles. The van der Waals surface area contributed by atoms with E-state index in [0.717, 1.165) is 11.1 Å². The number of ether oxygens (including phenoxy) is 2. The molecule has 4 rings (SSSR count). The average molecular weight is 625 g/mol. The third kappa shape index (κ3) is 8.73. The number of aliphatic hydroxyl groups excluding tert-OH is 1. The smallest absolute Gasteiger partial charge is 0.305 e. The van der Waals surface area contributed by atoms with Crippen LogP contribution >= 0.6 is 0 Å². The minimum atomic E-state index is -1.01. The zero-order valence-electron chi connectivity index (χ0n) is 26.1. The number of hydrogen-bond donors (Lipinski definition) is 3. The highest BCUT2D eigenvalue weighted by atomic mass is 16.5. The molecule has 3 N–H and O–H groups in total. The van der Waals surface area contributed by atoms with Crippen molar-refractivity contribution < 1.29 is 34.1 Å². The maximum absolute atomic E-state index is 14.1. The van der Waals surface area contributed by atoms with Gasteiger partial charge in [-0.2, -0.15) is 0 Å². The molecule has 0 aliphatic rings. The number of aliphatic hydroxyl groups is 1. The van der Waals surface area contributed by atoms with E-state index < -0.39 is 12.0 Å². The molecule has 0 saturated carbocycles. The molecule has 0 radical (unpaired) electrons. The molecule has 0 fully saturated rings. The number of carboxylic acid groups (broad SMARTS) is 1. The van der Waals surface area contributed by atoms with Gasteiger partial charge in [0.2, 0.25) is 0 Å². The first kappa shape index (κ1) is 33.7. The number of benzene rings is 4. The number of carbonyl (C=O) groups is 3. The van der Waals surface area contributed by atoms with Crippen molar-refractivity contribution in [1.82, 2.24) is 10.2 Å². The van der Waals surface area contributed by atoms with Crippen LogP contribution < -0.4 is 14.8 Å². The Kier molecular flexibility index (Phi) is 12.3. The number of nitrogens with zero attached hydrogens (tertiary/aromatic N) is 1. The van der Waals surface area contributed by atoms with Crippen LogP contribution in [0.5, 0.6) is 11.5 Å². The van der Waals surface area contributed by atoms with Gasteiger partial charge < -0.3 is 29.9 Å². The van der Waals surface area contributed by atoms with Crippen LogP contribution in [0.25, 0.3) is 11.1 Å². The molecule has 46 heavy (non-hydrogen) atoms. The number of rotatable bonds is 16. The van der Waals surface area contributed by atoms with Crippen molar-refractivity contribution in [3.63, 3.8) is 0 Å². The van der Waals surface area contributed by atoms with E-state index in [4.69, 9.17) is 9.47 Å². The Balaban J connectivity index is 1.63. The van der Waals surface area contributed by atoms with Gasteiger partial charge in [-0.25, -0.2) is 0 Å². The molecule has 240 valence electrons. The minimum Gasteiger partial charge on any atom is -0.493 e. The van der Waals surface area contributed by atoms with Gasteiger partial charge in [0.15, 0.2) is 11.5 Å². The number of carboxylic acids is 1. The van der Waals surface area contributed by atoms with Gasteiger partial charge in [-0.3, -0.25) is 14.4 Å². The lowest BCUT2D eigenvalue weighted by molar-refractivity contribution is -0.137. The standard InChI is InChI=1S/C37H40N2O7/c1-3-46-34-25-26(17-18-33(34)45-2)19-22-39(23-20-35(41)42)37(44)31-16-10-8-14-29(31)28-13-7-9-15-30(28)36(43)38-32(21-24-40)27-11-5-4-6-12-27/h4-18,25,32,40H,3,19-24H2,1-2H3,(H,38,43)(H,41,42). The molecule has 1 atom stereocenters. The van der Waals surface area contributed by atoms with Crippen molar-refractivity contribution >= 4 is 17.8 Å². The summed E-state index contributed by atoms with van der Waals surface area (Å²) in [5.74, 6) is -0.486. The molecule has 4 aromatic carbocycles. The fourth-order valence-corrected chi connectivity index (χ4v) is 5.32. The molecule has 2 amide bonds. The third-order valence-corrected chi connectivity index (χ3v) is 7.63. The zero-order chi connectivity index (χ0) is 32.9. The van der Waals surface area contributed by atoms with Gasteiger partial charge in [0.25, 0.3) is 11.8 Å². The maximum Gasteiger partial charge on any atom is 0.305 e. The summed E-state index contributed by atoms with van der Waals surface area (Å²) in [4.78, 5) is 40.9. The van der Waals surface area contributed by atoms with Crippen molar-refractivity contribution in [3.05, 3.63) is 119 Å². The second kappa shape index (κ2) is 16.8. The van der Waals surface area contributed by atoms with Crippen LogP contribution in [0.4, 0.5) is 0 Å². The lowest BCUT2D eigenvalue weighted by atomic mass is 9.93. The van der Waals surface area contributed by atoms with Crippen LogP contribution in [0.15, 0.2) is 97.1 Å². The molecular formula is C37H40N2O7. The van der Waals surface area contributed by atoms with Gasteiger partial charge in [0.1, 0.15) is 0 Å². The summed E-state index contributed by atoms with van der Waals surface area (Å²) in [6.45, 7) is 2.52. The molecule has 0 aliphatic heterocycles. The summed E-state index contributed by atoms with van der Waals surface area (Å²) in [6, 6.07) is 28.7. The SMILES string of the molecule is CCOc1cc(CCN(CCC(=O)O)C(=O)c2ccccc2-c2ccccc2C(=O)NC(CCO)c2ccccc2)ccc1OC. The lowest BCUT2D eigenvalue weighted by Crippen LogP contribution is -2.35. The first-order valence-electron chi connectivity index (χ1n) is 15.3. The summed E-state index contributed by atoms with van der Waals surface area (Å²) in [6.07, 6.45) is 0.583. The van der Waals surface area contributed by atoms with Gasteiger partial charge in [-0.1, -0.05) is 72.8 Å². The topological polar surface area (TPSA) is 125 Å². The van der Waals surface area contributed by atoms with E-state index in [-0.39, 0.29) is 37.9 Å². The van der Waals surface area contributed by atoms with Crippen LogP contribution in [-0.2, 0) is 11.2 Å². The average Bonchev–Trinajstić information content (AvgIpc) is 3.08. The first-order chi connectivity index (χ1) is 22.4. The van der Waals surface area contributed by atoms with Crippen LogP contribution in [0.1, 0.15) is 57.7 Å². The molecular weight excluding hydrogens is 584 g/mol. The van der Waals surface area contributed by atoms with E-state index in [9.17, 15) is 24.6 Å². The second-order valence-corrected chi connectivity index (χ2v) is 10.6. The van der Waals surface area contributed by atoms with Crippen molar-refractivity contribution in [2.45, 2.75) is 32.2 Å². The Morgan fingerprint density at radius 3 is 2.13 bits per heavy atom. The Morgan fingerprint density at radius 2 is 1.48 bits per heavy atom. The summed E-state index contributed by atoms with van der Waals surface area (Å²) in [5, 5.41) is 22.2. The normalized spacial score (nSPS) is 11.4. The van der Waals surface area contributed by atoms with Gasteiger partial charge in [-0.15, -0.1) is 0 Å². The third-order valence-electron chi connectivity index (χ3n) is 7.63. The number of amides is 2. The highest BCUT2D eigenvalue weighted by Crippen LogP contribution is 2.31. The second-order valence-electron chi connectivity index (χ2n) is 10.6. The quantitative estimate of drug-likeness (QED) is 0.144. The lowest BCUT2D eigenvalue weighted by Gasteiger charge is -2.24. The number of methoxy groups -OCH3 is 1. The highest BCUT2D eigenvalue weighted by Gasteiger charge is 2.24. The van der Waals surface area contributed by atoms with Gasteiger partial charge in [0, 0.05) is 30.8 Å². The molecule has 9 nitrogen and oxygen atoms in total. The van der Waals surface area contributed by atoms with Crippen molar-refractivity contribution in [1.29, 1.82) is 0 Å². The molecule has 0 spiro atoms. The minimum absolute atomic E-state index is 0.0129. The number of carbonyl (C=O) groups excluding carboxylic acids is 2. The van der Waals surface area contributed by atoms with Crippen molar-refractivity contribution in [2.24, 2.45) is 0 Å². The van der Waals surface area contributed by atoms with E-state index in [1.165, 1.54) is 4.90 Å². The van der Waals surface area contributed by atoms with Crippen molar-refractivity contribution in [2.75, 3.05) is 33.4 Å². The Bertz CT molecular complexity index is 1620. The predicted molar refractivity (Wildman–Crippen MR) is 176 cm³/mol. The maximum atomic E-state index is 14.1. The summed E-state index contributed by atoms with van der Waals surface area (Å²) in [7, 11) is 1.57. The van der Waals surface area contributed by atoms with Crippen LogP contribution in [0, 0.1) is 0 Å². The summed E-state index contributed by atoms with van der Waals surface area (Å²) < 4.78 is 11.1. The summed E-state index contributed by atoms with van der Waals surface area (Å²) >= 11 is 0. The molecule has 0 aliphatic carbocycles. The van der Waals surface area contributed by atoms with Crippen LogP contribution in [0.2, 0.25) is 0 Å². The van der Waals surface area contributed by atoms with Crippen LogP contribution in [0.3, 0.4) is 0 Å². The zero-order valence-corrected chi connectivity index (χ0v) is 26.1. The Hall–Kier alpha value is -5.15. The molecule has 9 heteroatoms. The van der Waals surface area contributed by atoms with E-state index in [2.05, 4.69) is 5.32 Å². The van der Waals surface area contributed by atoms with Gasteiger partial charge >= 0.3 is 5.97 Å². The number of hydrogen-bond acceptors (Lipinski definition) is 6. The predicted octanol–water partition coefficient (Wildman–Crippen LogP) is 5.77. The monoisotopic (exact) mass is 624 g/mol. The van der Waals surface area contributed by atoms with E-state index >= 15 is 0 Å². The molecule has 0 saturated heterocycles. The number of nitrogens with one attached hydrogen (secondary N) is 1. The number of aliphatic carboxylic acids is 1. The van der Waals surface area contributed by atoms with E-state index in [0.29, 0.717) is 53.2 Å².